The second kappa shape index (κ2) is 6.15. The molecule has 116 valence electrons. The molecule has 0 radical (unpaired) electrons. The largest absolute Gasteiger partial charge is 0.349 e. The fraction of sp³-hybridized carbons (Fsp3) is 0.444. The number of pyridine rings is 2. The van der Waals surface area contributed by atoms with Crippen LogP contribution in [0.4, 0.5) is 0 Å². The molecule has 0 N–H and O–H groups in total. The summed E-state index contributed by atoms with van der Waals surface area (Å²) >= 11 is 0. The van der Waals surface area contributed by atoms with Gasteiger partial charge < -0.3 is 9.47 Å². The number of hydrogen-bond acceptors (Lipinski definition) is 2. The topological polar surface area (TPSA) is 26.2 Å². The lowest BCUT2D eigenvalue weighted by molar-refractivity contribution is -0.753. The SMILES string of the molecule is CC1(C)OCC(C[n+]2ccccc2)(C[n+]2ccccc2)CO1. The van der Waals surface area contributed by atoms with Gasteiger partial charge in [0, 0.05) is 24.3 Å². The van der Waals surface area contributed by atoms with Crippen molar-refractivity contribution < 1.29 is 18.6 Å². The van der Waals surface area contributed by atoms with E-state index >= 15 is 0 Å². The van der Waals surface area contributed by atoms with Gasteiger partial charge in [0.2, 0.25) is 0 Å². The molecule has 1 fully saturated rings. The molecule has 3 rings (SSSR count). The van der Waals surface area contributed by atoms with Crippen molar-refractivity contribution in [2.75, 3.05) is 13.2 Å². The molecular weight excluding hydrogens is 276 g/mol. The van der Waals surface area contributed by atoms with Crippen molar-refractivity contribution in [2.45, 2.75) is 32.7 Å². The average Bonchev–Trinajstić information content (AvgIpc) is 2.53. The molecule has 0 amide bonds. The van der Waals surface area contributed by atoms with Crippen LogP contribution in [0, 0.1) is 5.41 Å². The van der Waals surface area contributed by atoms with Crippen molar-refractivity contribution in [1.29, 1.82) is 0 Å². The van der Waals surface area contributed by atoms with Gasteiger partial charge in [-0.15, -0.1) is 0 Å². The van der Waals surface area contributed by atoms with Crippen LogP contribution in [0.1, 0.15) is 13.8 Å². The molecule has 1 saturated heterocycles. The van der Waals surface area contributed by atoms with E-state index in [-0.39, 0.29) is 5.41 Å². The molecule has 2 aromatic heterocycles. The highest BCUT2D eigenvalue weighted by atomic mass is 16.7. The third-order valence-corrected chi connectivity index (χ3v) is 4.04. The molecule has 4 heteroatoms. The minimum Gasteiger partial charge on any atom is -0.349 e. The molecule has 2 aromatic rings. The van der Waals surface area contributed by atoms with Crippen molar-refractivity contribution in [2.24, 2.45) is 5.41 Å². The van der Waals surface area contributed by atoms with E-state index in [0.717, 1.165) is 13.1 Å². The van der Waals surface area contributed by atoms with Gasteiger partial charge in [-0.3, -0.25) is 0 Å². The van der Waals surface area contributed by atoms with E-state index in [1.54, 1.807) is 0 Å². The molecule has 0 aliphatic carbocycles. The van der Waals surface area contributed by atoms with Gasteiger partial charge in [-0.1, -0.05) is 12.1 Å². The first-order chi connectivity index (χ1) is 10.6. The monoisotopic (exact) mass is 300 g/mol. The third kappa shape index (κ3) is 3.70. The molecule has 0 aromatic carbocycles. The van der Waals surface area contributed by atoms with Gasteiger partial charge in [0.15, 0.2) is 43.7 Å². The highest BCUT2D eigenvalue weighted by Crippen LogP contribution is 2.30. The summed E-state index contributed by atoms with van der Waals surface area (Å²) in [5, 5.41) is 0. The Kier molecular flexibility index (Phi) is 4.23. The predicted octanol–water partition coefficient (Wildman–Crippen LogP) is 1.73. The van der Waals surface area contributed by atoms with Crippen molar-refractivity contribution in [3.05, 3.63) is 61.2 Å². The summed E-state index contributed by atoms with van der Waals surface area (Å²) in [6, 6.07) is 12.3. The van der Waals surface area contributed by atoms with E-state index in [9.17, 15) is 0 Å². The molecule has 0 bridgehead atoms. The first-order valence-corrected chi connectivity index (χ1v) is 7.73. The van der Waals surface area contributed by atoms with Crippen LogP contribution in [0.2, 0.25) is 0 Å². The summed E-state index contributed by atoms with van der Waals surface area (Å²) in [4.78, 5) is 0. The molecular formula is C18H24N2O2+2. The van der Waals surface area contributed by atoms with Gasteiger partial charge in [0.25, 0.3) is 0 Å². The number of hydrogen-bond donors (Lipinski definition) is 0. The molecule has 0 saturated carbocycles. The number of rotatable bonds is 4. The van der Waals surface area contributed by atoms with Crippen LogP contribution in [0.15, 0.2) is 61.2 Å². The maximum atomic E-state index is 5.98. The van der Waals surface area contributed by atoms with Gasteiger partial charge in [0.1, 0.15) is 5.41 Å². The number of nitrogens with zero attached hydrogens (tertiary/aromatic N) is 2. The zero-order valence-corrected chi connectivity index (χ0v) is 13.3. The quantitative estimate of drug-likeness (QED) is 0.804. The smallest absolute Gasteiger partial charge is 0.168 e. The zero-order chi connectivity index (χ0) is 15.5. The molecule has 1 aliphatic rings. The molecule has 0 atom stereocenters. The summed E-state index contributed by atoms with van der Waals surface area (Å²) in [5.74, 6) is -0.494. The van der Waals surface area contributed by atoms with Gasteiger partial charge in [-0.05, 0) is 13.8 Å². The van der Waals surface area contributed by atoms with E-state index in [0.29, 0.717) is 13.2 Å². The van der Waals surface area contributed by atoms with Crippen LogP contribution >= 0.6 is 0 Å². The fourth-order valence-corrected chi connectivity index (χ4v) is 2.82. The predicted molar refractivity (Wildman–Crippen MR) is 81.7 cm³/mol. The molecule has 0 spiro atoms. The Hall–Kier alpha value is -1.78. The van der Waals surface area contributed by atoms with Crippen LogP contribution < -0.4 is 9.13 Å². The lowest BCUT2D eigenvalue weighted by atomic mass is 9.88. The highest BCUT2D eigenvalue weighted by molar-refractivity contribution is 4.86. The van der Waals surface area contributed by atoms with Crippen LogP contribution in [0.3, 0.4) is 0 Å². The van der Waals surface area contributed by atoms with Crippen molar-refractivity contribution >= 4 is 0 Å². The Bertz CT molecular complexity index is 545. The van der Waals surface area contributed by atoms with Crippen molar-refractivity contribution in [1.82, 2.24) is 0 Å². The minimum atomic E-state index is -0.494. The number of ether oxygens (including phenoxy) is 2. The first kappa shape index (κ1) is 15.1. The molecule has 4 nitrogen and oxygen atoms in total. The Morgan fingerprint density at radius 3 is 1.55 bits per heavy atom. The van der Waals surface area contributed by atoms with Gasteiger partial charge in [-0.2, -0.15) is 0 Å². The Morgan fingerprint density at radius 1 is 0.727 bits per heavy atom. The van der Waals surface area contributed by atoms with Crippen LogP contribution in [0.5, 0.6) is 0 Å². The summed E-state index contributed by atoms with van der Waals surface area (Å²) in [6.45, 7) is 7.05. The fourth-order valence-electron chi connectivity index (χ4n) is 2.82. The van der Waals surface area contributed by atoms with Gasteiger partial charge in [0.05, 0.1) is 13.2 Å². The Balaban J connectivity index is 1.82. The standard InChI is InChI=1S/C18H24N2O2/c1-17(2)21-15-18(16-22-17,13-19-9-5-3-6-10-19)14-20-11-7-4-8-12-20/h3-12H,13-16H2,1-2H3/q+2. The lowest BCUT2D eigenvalue weighted by Crippen LogP contribution is -2.59. The summed E-state index contributed by atoms with van der Waals surface area (Å²) in [6.07, 6.45) is 8.38. The van der Waals surface area contributed by atoms with E-state index in [4.69, 9.17) is 9.47 Å². The Labute approximate surface area is 131 Å². The second-order valence-electron chi connectivity index (χ2n) is 6.57. The van der Waals surface area contributed by atoms with Gasteiger partial charge in [-0.25, -0.2) is 9.13 Å². The van der Waals surface area contributed by atoms with E-state index in [1.807, 2.05) is 26.0 Å². The third-order valence-electron chi connectivity index (χ3n) is 4.04. The van der Waals surface area contributed by atoms with E-state index in [1.165, 1.54) is 0 Å². The molecule has 22 heavy (non-hydrogen) atoms. The first-order valence-electron chi connectivity index (χ1n) is 7.73. The minimum absolute atomic E-state index is 0.0758. The van der Waals surface area contributed by atoms with Gasteiger partial charge >= 0.3 is 0 Å². The maximum Gasteiger partial charge on any atom is 0.168 e. The highest BCUT2D eigenvalue weighted by Gasteiger charge is 2.46. The molecule has 0 unspecified atom stereocenters. The average molecular weight is 300 g/mol. The molecule has 1 aliphatic heterocycles. The summed E-state index contributed by atoms with van der Waals surface area (Å²) in [5.41, 5.74) is -0.0758. The molecule has 3 heterocycles. The summed E-state index contributed by atoms with van der Waals surface area (Å²) in [7, 11) is 0. The zero-order valence-electron chi connectivity index (χ0n) is 13.3. The van der Waals surface area contributed by atoms with E-state index in [2.05, 4.69) is 58.2 Å². The van der Waals surface area contributed by atoms with Crippen LogP contribution in [-0.2, 0) is 22.6 Å². The lowest BCUT2D eigenvalue weighted by Gasteiger charge is -2.40. The van der Waals surface area contributed by atoms with Crippen molar-refractivity contribution in [3.63, 3.8) is 0 Å². The van der Waals surface area contributed by atoms with E-state index < -0.39 is 5.79 Å². The van der Waals surface area contributed by atoms with Crippen LogP contribution in [-0.4, -0.2) is 19.0 Å². The normalized spacial score (nSPS) is 19.7. The maximum absolute atomic E-state index is 5.98. The Morgan fingerprint density at radius 2 is 1.14 bits per heavy atom. The number of aromatic nitrogens is 2. The summed E-state index contributed by atoms with van der Waals surface area (Å²) < 4.78 is 16.4. The second-order valence-corrected chi connectivity index (χ2v) is 6.57. The van der Waals surface area contributed by atoms with Crippen molar-refractivity contribution in [3.8, 4) is 0 Å². The van der Waals surface area contributed by atoms with Crippen LogP contribution in [0.25, 0.3) is 0 Å².